The molecule has 0 spiro atoms. The van der Waals surface area contributed by atoms with Gasteiger partial charge in [0.1, 0.15) is 12.1 Å². The molecule has 0 fully saturated rings. The predicted octanol–water partition coefficient (Wildman–Crippen LogP) is 3.28. The topological polar surface area (TPSA) is 61.0 Å². The standard InChI is InChI=1S/C14H9F2N3O/c15-11-3-2-9(6-12(11)16)20-14-10-5-8(17)1-4-13(10)18-7-19-14/h1-7H,17H2. The van der Waals surface area contributed by atoms with Crippen LogP contribution in [0, 0.1) is 11.6 Å². The Hall–Kier alpha value is -2.76. The molecular formula is C14H9F2N3O. The average molecular weight is 273 g/mol. The van der Waals surface area contributed by atoms with Crippen LogP contribution in [0.25, 0.3) is 10.9 Å². The normalized spacial score (nSPS) is 10.7. The molecule has 0 aliphatic carbocycles. The summed E-state index contributed by atoms with van der Waals surface area (Å²) in [6.07, 6.45) is 1.33. The number of aromatic nitrogens is 2. The lowest BCUT2D eigenvalue weighted by Crippen LogP contribution is -1.94. The second kappa shape index (κ2) is 4.73. The van der Waals surface area contributed by atoms with Crippen LogP contribution in [0.15, 0.2) is 42.7 Å². The van der Waals surface area contributed by atoms with Gasteiger partial charge in [-0.25, -0.2) is 18.7 Å². The smallest absolute Gasteiger partial charge is 0.230 e. The number of anilines is 1. The fourth-order valence-corrected chi connectivity index (χ4v) is 1.78. The molecule has 0 amide bonds. The third-order valence-corrected chi connectivity index (χ3v) is 2.73. The molecule has 0 radical (unpaired) electrons. The summed E-state index contributed by atoms with van der Waals surface area (Å²) < 4.78 is 31.5. The first kappa shape index (κ1) is 12.3. The lowest BCUT2D eigenvalue weighted by molar-refractivity contribution is 0.451. The minimum atomic E-state index is -0.986. The van der Waals surface area contributed by atoms with Crippen LogP contribution in [0.4, 0.5) is 14.5 Å². The summed E-state index contributed by atoms with van der Waals surface area (Å²) >= 11 is 0. The summed E-state index contributed by atoms with van der Waals surface area (Å²) in [7, 11) is 0. The SMILES string of the molecule is Nc1ccc2ncnc(Oc3ccc(F)c(F)c3)c2c1. The van der Waals surface area contributed by atoms with Crippen molar-refractivity contribution in [2.75, 3.05) is 5.73 Å². The molecule has 1 heterocycles. The van der Waals surface area contributed by atoms with E-state index < -0.39 is 11.6 Å². The van der Waals surface area contributed by atoms with Crippen molar-refractivity contribution in [1.29, 1.82) is 0 Å². The minimum Gasteiger partial charge on any atom is -0.438 e. The molecule has 4 nitrogen and oxygen atoms in total. The summed E-state index contributed by atoms with van der Waals surface area (Å²) in [4.78, 5) is 8.07. The largest absolute Gasteiger partial charge is 0.438 e. The zero-order valence-corrected chi connectivity index (χ0v) is 10.2. The Kier molecular flexibility index (Phi) is 2.90. The first-order chi connectivity index (χ1) is 9.63. The van der Waals surface area contributed by atoms with Crippen LogP contribution in [0.2, 0.25) is 0 Å². The molecule has 0 bridgehead atoms. The second-order valence-electron chi connectivity index (χ2n) is 4.13. The molecule has 2 N–H and O–H groups in total. The van der Waals surface area contributed by atoms with Gasteiger partial charge in [-0.05, 0) is 30.3 Å². The Morgan fingerprint density at radius 2 is 1.80 bits per heavy atom. The molecule has 6 heteroatoms. The maximum Gasteiger partial charge on any atom is 0.230 e. The van der Waals surface area contributed by atoms with E-state index in [4.69, 9.17) is 10.5 Å². The zero-order valence-electron chi connectivity index (χ0n) is 10.2. The quantitative estimate of drug-likeness (QED) is 0.728. The number of rotatable bonds is 2. The van der Waals surface area contributed by atoms with Crippen molar-refractivity contribution >= 4 is 16.6 Å². The molecular weight excluding hydrogens is 264 g/mol. The number of ether oxygens (including phenoxy) is 1. The fourth-order valence-electron chi connectivity index (χ4n) is 1.78. The zero-order chi connectivity index (χ0) is 14.1. The molecule has 0 saturated heterocycles. The van der Waals surface area contributed by atoms with Crippen molar-refractivity contribution in [2.45, 2.75) is 0 Å². The van der Waals surface area contributed by atoms with Crippen LogP contribution in [0.1, 0.15) is 0 Å². The van der Waals surface area contributed by atoms with Gasteiger partial charge in [-0.1, -0.05) is 0 Å². The van der Waals surface area contributed by atoms with Crippen LogP contribution >= 0.6 is 0 Å². The van der Waals surface area contributed by atoms with Crippen LogP contribution in [0.5, 0.6) is 11.6 Å². The lowest BCUT2D eigenvalue weighted by Gasteiger charge is -2.08. The summed E-state index contributed by atoms with van der Waals surface area (Å²) in [5.74, 6) is -1.55. The Balaban J connectivity index is 2.05. The maximum absolute atomic E-state index is 13.2. The van der Waals surface area contributed by atoms with E-state index in [1.165, 1.54) is 12.4 Å². The van der Waals surface area contributed by atoms with Gasteiger partial charge in [0.15, 0.2) is 11.6 Å². The molecule has 100 valence electrons. The Bertz CT molecular complexity index is 792. The molecule has 0 unspecified atom stereocenters. The highest BCUT2D eigenvalue weighted by atomic mass is 19.2. The molecule has 0 saturated carbocycles. The Morgan fingerprint density at radius 1 is 0.950 bits per heavy atom. The number of benzene rings is 2. The van der Waals surface area contributed by atoms with Crippen LogP contribution in [-0.2, 0) is 0 Å². The van der Waals surface area contributed by atoms with E-state index in [0.717, 1.165) is 12.1 Å². The van der Waals surface area contributed by atoms with Crippen LogP contribution < -0.4 is 10.5 Å². The maximum atomic E-state index is 13.2. The van der Waals surface area contributed by atoms with E-state index in [2.05, 4.69) is 9.97 Å². The van der Waals surface area contributed by atoms with Gasteiger partial charge in [-0.2, -0.15) is 0 Å². The van der Waals surface area contributed by atoms with Gasteiger partial charge < -0.3 is 10.5 Å². The molecule has 1 aromatic heterocycles. The van der Waals surface area contributed by atoms with E-state index in [-0.39, 0.29) is 11.6 Å². The monoisotopic (exact) mass is 273 g/mol. The van der Waals surface area contributed by atoms with E-state index in [9.17, 15) is 8.78 Å². The first-order valence-corrected chi connectivity index (χ1v) is 5.76. The number of nitrogen functional groups attached to an aromatic ring is 1. The molecule has 3 aromatic rings. The van der Waals surface area contributed by atoms with Crippen molar-refractivity contribution < 1.29 is 13.5 Å². The highest BCUT2D eigenvalue weighted by molar-refractivity contribution is 5.86. The Labute approximate surface area is 112 Å². The molecule has 3 rings (SSSR count). The van der Waals surface area contributed by atoms with Crippen molar-refractivity contribution in [1.82, 2.24) is 9.97 Å². The van der Waals surface area contributed by atoms with Gasteiger partial charge in [-0.3, -0.25) is 0 Å². The third-order valence-electron chi connectivity index (χ3n) is 2.73. The number of hydrogen-bond donors (Lipinski definition) is 1. The predicted molar refractivity (Wildman–Crippen MR) is 70.4 cm³/mol. The number of fused-ring (bicyclic) bond motifs is 1. The average Bonchev–Trinajstić information content (AvgIpc) is 2.44. The highest BCUT2D eigenvalue weighted by Gasteiger charge is 2.09. The second-order valence-corrected chi connectivity index (χ2v) is 4.13. The molecule has 0 aliphatic rings. The molecule has 20 heavy (non-hydrogen) atoms. The van der Waals surface area contributed by atoms with Gasteiger partial charge >= 0.3 is 0 Å². The van der Waals surface area contributed by atoms with Gasteiger partial charge in [0, 0.05) is 11.8 Å². The van der Waals surface area contributed by atoms with E-state index >= 15 is 0 Å². The van der Waals surface area contributed by atoms with Gasteiger partial charge in [0.25, 0.3) is 0 Å². The number of halogens is 2. The van der Waals surface area contributed by atoms with Crippen molar-refractivity contribution in [3.8, 4) is 11.6 Å². The summed E-state index contributed by atoms with van der Waals surface area (Å²) in [5.41, 5.74) is 6.88. The van der Waals surface area contributed by atoms with Crippen molar-refractivity contribution in [2.24, 2.45) is 0 Å². The number of nitrogens with two attached hydrogens (primary N) is 1. The first-order valence-electron chi connectivity index (χ1n) is 5.76. The van der Waals surface area contributed by atoms with Crippen molar-refractivity contribution in [3.63, 3.8) is 0 Å². The summed E-state index contributed by atoms with van der Waals surface area (Å²) in [6, 6.07) is 8.35. The third kappa shape index (κ3) is 2.23. The number of nitrogens with zero attached hydrogens (tertiary/aromatic N) is 2. The van der Waals surface area contributed by atoms with Crippen LogP contribution in [-0.4, -0.2) is 9.97 Å². The highest BCUT2D eigenvalue weighted by Crippen LogP contribution is 2.28. The van der Waals surface area contributed by atoms with Crippen LogP contribution in [0.3, 0.4) is 0 Å². The molecule has 2 aromatic carbocycles. The Morgan fingerprint density at radius 3 is 2.60 bits per heavy atom. The van der Waals surface area contributed by atoms with Gasteiger partial charge in [0.2, 0.25) is 5.88 Å². The van der Waals surface area contributed by atoms with E-state index in [1.807, 2.05) is 0 Å². The van der Waals surface area contributed by atoms with E-state index in [1.54, 1.807) is 18.2 Å². The summed E-state index contributed by atoms with van der Waals surface area (Å²) in [6.45, 7) is 0. The van der Waals surface area contributed by atoms with Gasteiger partial charge in [0.05, 0.1) is 10.9 Å². The lowest BCUT2D eigenvalue weighted by atomic mass is 10.2. The van der Waals surface area contributed by atoms with E-state index in [0.29, 0.717) is 16.6 Å². The van der Waals surface area contributed by atoms with Gasteiger partial charge in [-0.15, -0.1) is 0 Å². The minimum absolute atomic E-state index is 0.145. The fraction of sp³-hybridized carbons (Fsp3) is 0. The molecule has 0 atom stereocenters. The summed E-state index contributed by atoms with van der Waals surface area (Å²) in [5, 5.41) is 0.595. The number of hydrogen-bond acceptors (Lipinski definition) is 4. The molecule has 0 aliphatic heterocycles. The van der Waals surface area contributed by atoms with Crippen molar-refractivity contribution in [3.05, 3.63) is 54.4 Å².